The first-order valence-corrected chi connectivity index (χ1v) is 13.7. The van der Waals surface area contributed by atoms with Gasteiger partial charge in [0.05, 0.1) is 16.2 Å². The molecule has 0 unspecified atom stereocenters. The molecule has 2 aliphatic rings. The van der Waals surface area contributed by atoms with Gasteiger partial charge in [-0.15, -0.1) is 0 Å². The van der Waals surface area contributed by atoms with E-state index >= 15 is 0 Å². The second-order valence-corrected chi connectivity index (χ2v) is 10.9. The van der Waals surface area contributed by atoms with Crippen LogP contribution < -0.4 is 10.1 Å². The number of fused-ring (bicyclic) bond motifs is 3. The van der Waals surface area contributed by atoms with Crippen molar-refractivity contribution in [2.45, 2.75) is 31.9 Å². The lowest BCUT2D eigenvalue weighted by atomic mass is 9.76. The van der Waals surface area contributed by atoms with E-state index in [4.69, 9.17) is 4.74 Å². The lowest BCUT2D eigenvalue weighted by molar-refractivity contribution is 0.303. The molecule has 0 spiro atoms. The van der Waals surface area contributed by atoms with Crippen LogP contribution in [-0.2, 0) is 6.61 Å². The molecule has 0 fully saturated rings. The molecule has 1 N–H and O–H groups in total. The maximum absolute atomic E-state index is 13.4. The summed E-state index contributed by atoms with van der Waals surface area (Å²) in [6.45, 7) is 2.46. The highest BCUT2D eigenvalue weighted by Crippen LogP contribution is 2.50. The first kappa shape index (κ1) is 24.6. The minimum absolute atomic E-state index is 0.264. The first-order valence-electron chi connectivity index (χ1n) is 12.9. The van der Waals surface area contributed by atoms with Gasteiger partial charge >= 0.3 is 0 Å². The Hall–Kier alpha value is -3.70. The Morgan fingerprint density at radius 1 is 1.03 bits per heavy atom. The third kappa shape index (κ3) is 5.16. The van der Waals surface area contributed by atoms with E-state index in [0.717, 1.165) is 27.7 Å². The van der Waals surface area contributed by atoms with Crippen LogP contribution in [0, 0.1) is 18.7 Å². The molecule has 4 aromatic carbocycles. The number of ether oxygens (including phenoxy) is 1. The van der Waals surface area contributed by atoms with Crippen molar-refractivity contribution in [1.82, 2.24) is 0 Å². The van der Waals surface area contributed by atoms with Crippen LogP contribution in [0.1, 0.15) is 46.2 Å². The topological polar surface area (TPSA) is 33.6 Å². The Balaban J connectivity index is 1.13. The van der Waals surface area contributed by atoms with Crippen molar-refractivity contribution in [3.8, 4) is 5.75 Å². The molecule has 0 saturated heterocycles. The molecule has 1 aliphatic heterocycles. The fourth-order valence-electron chi connectivity index (χ4n) is 5.46. The van der Waals surface area contributed by atoms with Gasteiger partial charge in [0.2, 0.25) is 0 Å². The van der Waals surface area contributed by atoms with E-state index in [0.29, 0.717) is 24.2 Å². The number of hydrogen-bond donors (Lipinski definition) is 1. The van der Waals surface area contributed by atoms with Crippen molar-refractivity contribution >= 4 is 33.5 Å². The summed E-state index contributed by atoms with van der Waals surface area (Å²) < 4.78 is 20.1. The zero-order valence-corrected chi connectivity index (χ0v) is 22.7. The van der Waals surface area contributed by atoms with Gasteiger partial charge in [0, 0.05) is 17.8 Å². The Bertz CT molecular complexity index is 1530. The number of allylic oxidation sites excluding steroid dienone is 2. The SMILES string of the molecule is Cc1ccc2c(c1)[C@@H]1C=CC[C@@H]1[C@H](c1ccc(N=Cc3ccc(OCc4cccc(F)c4)c(Br)c3)cc1)N2. The molecule has 1 aliphatic carbocycles. The predicted molar refractivity (Wildman–Crippen MR) is 156 cm³/mol. The summed E-state index contributed by atoms with van der Waals surface area (Å²) in [5.41, 5.74) is 7.90. The summed E-state index contributed by atoms with van der Waals surface area (Å²) in [6.07, 6.45) is 7.65. The van der Waals surface area contributed by atoms with E-state index in [-0.39, 0.29) is 11.9 Å². The molecule has 0 aromatic heterocycles. The van der Waals surface area contributed by atoms with Gasteiger partial charge in [-0.1, -0.05) is 54.1 Å². The molecule has 1 heterocycles. The largest absolute Gasteiger partial charge is 0.488 e. The Morgan fingerprint density at radius 2 is 1.89 bits per heavy atom. The van der Waals surface area contributed by atoms with Crippen molar-refractivity contribution in [2.75, 3.05) is 5.32 Å². The van der Waals surface area contributed by atoms with E-state index in [2.05, 4.69) is 87.8 Å². The van der Waals surface area contributed by atoms with Crippen molar-refractivity contribution in [3.05, 3.63) is 135 Å². The van der Waals surface area contributed by atoms with Crippen LogP contribution in [0.3, 0.4) is 0 Å². The van der Waals surface area contributed by atoms with Gasteiger partial charge in [-0.05, 0) is 106 Å². The maximum Gasteiger partial charge on any atom is 0.134 e. The first-order chi connectivity index (χ1) is 18.5. The highest BCUT2D eigenvalue weighted by molar-refractivity contribution is 9.10. The standard InChI is InChI=1S/C33H28BrFN2O/c1-21-8-14-31-29(16-21)27-6-3-7-28(27)33(37-31)24-10-12-26(13-11-24)36-19-22-9-15-32(30(34)18-22)38-20-23-4-2-5-25(35)17-23/h2-6,8-19,27-28,33,37H,7,20H2,1H3/t27-,28+,33+/m1/s1. The molecule has 0 bridgehead atoms. The van der Waals surface area contributed by atoms with Crippen molar-refractivity contribution in [3.63, 3.8) is 0 Å². The van der Waals surface area contributed by atoms with Gasteiger partial charge in [0.25, 0.3) is 0 Å². The summed E-state index contributed by atoms with van der Waals surface area (Å²) in [5.74, 6) is 1.43. The number of rotatable bonds is 6. The number of nitrogens with zero attached hydrogens (tertiary/aromatic N) is 1. The molecule has 0 saturated carbocycles. The second kappa shape index (κ2) is 10.6. The minimum Gasteiger partial charge on any atom is -0.488 e. The fraction of sp³-hybridized carbons (Fsp3) is 0.182. The van der Waals surface area contributed by atoms with Crippen LogP contribution in [0.25, 0.3) is 0 Å². The Kier molecular flexibility index (Phi) is 6.86. The Labute approximate surface area is 231 Å². The van der Waals surface area contributed by atoms with Gasteiger partial charge < -0.3 is 10.1 Å². The number of halogens is 2. The highest BCUT2D eigenvalue weighted by atomic mass is 79.9. The van der Waals surface area contributed by atoms with Gasteiger partial charge in [-0.3, -0.25) is 4.99 Å². The van der Waals surface area contributed by atoms with Gasteiger partial charge in [0.1, 0.15) is 18.2 Å². The average molecular weight is 568 g/mol. The number of nitrogens with one attached hydrogen (secondary N) is 1. The number of aryl methyl sites for hydroxylation is 1. The second-order valence-electron chi connectivity index (χ2n) is 10.0. The van der Waals surface area contributed by atoms with E-state index < -0.39 is 0 Å². The quantitative estimate of drug-likeness (QED) is 0.186. The summed E-state index contributed by atoms with van der Waals surface area (Å²) in [6, 6.07) is 27.8. The van der Waals surface area contributed by atoms with E-state index in [1.54, 1.807) is 6.07 Å². The van der Waals surface area contributed by atoms with E-state index in [1.165, 1.54) is 34.5 Å². The monoisotopic (exact) mass is 566 g/mol. The molecule has 38 heavy (non-hydrogen) atoms. The summed E-state index contributed by atoms with van der Waals surface area (Å²) in [4.78, 5) is 4.69. The lowest BCUT2D eigenvalue weighted by Crippen LogP contribution is -2.29. The van der Waals surface area contributed by atoms with Crippen LogP contribution in [0.15, 0.2) is 107 Å². The number of anilines is 1. The minimum atomic E-state index is -0.264. The van der Waals surface area contributed by atoms with Crippen molar-refractivity contribution in [2.24, 2.45) is 10.9 Å². The number of aliphatic imine (C=N–C) groups is 1. The zero-order chi connectivity index (χ0) is 26.1. The molecular weight excluding hydrogens is 539 g/mol. The fourth-order valence-corrected chi connectivity index (χ4v) is 5.97. The van der Waals surface area contributed by atoms with Gasteiger partial charge in [-0.2, -0.15) is 0 Å². The summed E-state index contributed by atoms with van der Waals surface area (Å²) in [7, 11) is 0. The molecule has 3 atom stereocenters. The van der Waals surface area contributed by atoms with Gasteiger partial charge in [-0.25, -0.2) is 4.39 Å². The van der Waals surface area contributed by atoms with E-state index in [1.807, 2.05) is 30.5 Å². The van der Waals surface area contributed by atoms with Gasteiger partial charge in [0.15, 0.2) is 0 Å². The molecule has 0 amide bonds. The zero-order valence-electron chi connectivity index (χ0n) is 21.1. The normalized spacial score (nSPS) is 19.7. The van der Waals surface area contributed by atoms with Crippen molar-refractivity contribution < 1.29 is 9.13 Å². The predicted octanol–water partition coefficient (Wildman–Crippen LogP) is 9.05. The van der Waals surface area contributed by atoms with E-state index in [9.17, 15) is 4.39 Å². The third-order valence-corrected chi connectivity index (χ3v) is 7.99. The average Bonchev–Trinajstić information content (AvgIpc) is 3.42. The molecule has 3 nitrogen and oxygen atoms in total. The van der Waals surface area contributed by atoms with Crippen LogP contribution in [0.2, 0.25) is 0 Å². The van der Waals surface area contributed by atoms with Crippen molar-refractivity contribution in [1.29, 1.82) is 0 Å². The Morgan fingerprint density at radius 3 is 2.71 bits per heavy atom. The van der Waals surface area contributed by atoms with Crippen LogP contribution >= 0.6 is 15.9 Å². The number of benzene rings is 4. The lowest BCUT2D eigenvalue weighted by Gasteiger charge is -2.37. The molecule has 0 radical (unpaired) electrons. The summed E-state index contributed by atoms with van der Waals surface area (Å²) in [5, 5.41) is 3.81. The number of hydrogen-bond acceptors (Lipinski definition) is 3. The van der Waals surface area contributed by atoms with Crippen LogP contribution in [-0.4, -0.2) is 6.21 Å². The molecule has 6 rings (SSSR count). The third-order valence-electron chi connectivity index (χ3n) is 7.37. The molecule has 190 valence electrons. The van der Waals surface area contributed by atoms with Crippen LogP contribution in [0.4, 0.5) is 15.8 Å². The van der Waals surface area contributed by atoms with Crippen LogP contribution in [0.5, 0.6) is 5.75 Å². The molecule has 5 heteroatoms. The maximum atomic E-state index is 13.4. The summed E-state index contributed by atoms with van der Waals surface area (Å²) >= 11 is 3.58. The molecule has 4 aromatic rings. The molecular formula is C33H28BrFN2O. The smallest absolute Gasteiger partial charge is 0.134 e. The highest BCUT2D eigenvalue weighted by Gasteiger charge is 2.37.